The smallest absolute Gasteiger partial charge is 0.330 e. The molecule has 1 fully saturated rings. The lowest BCUT2D eigenvalue weighted by Crippen LogP contribution is -2.41. The molecule has 0 spiro atoms. The third-order valence-electron chi connectivity index (χ3n) is 3.09. The van der Waals surface area contributed by atoms with Crippen LogP contribution in [0.5, 0.6) is 0 Å². The quantitative estimate of drug-likeness (QED) is 0.691. The molecule has 1 rings (SSSR count). The highest BCUT2D eigenvalue weighted by Crippen LogP contribution is 2.21. The summed E-state index contributed by atoms with van der Waals surface area (Å²) in [5, 5.41) is 1.78. The van der Waals surface area contributed by atoms with Crippen molar-refractivity contribution in [3.63, 3.8) is 0 Å². The predicted octanol–water partition coefficient (Wildman–Crippen LogP) is 1.87. The summed E-state index contributed by atoms with van der Waals surface area (Å²) >= 11 is 0. The van der Waals surface area contributed by atoms with Crippen molar-refractivity contribution in [2.24, 2.45) is 11.3 Å². The first-order chi connectivity index (χ1) is 8.93. The van der Waals surface area contributed by atoms with E-state index in [2.05, 4.69) is 0 Å². The molecule has 0 aromatic carbocycles. The van der Waals surface area contributed by atoms with Gasteiger partial charge in [-0.2, -0.15) is 0 Å². The van der Waals surface area contributed by atoms with Gasteiger partial charge in [-0.05, 0) is 39.5 Å². The molecular formula is C14H27NO4. The molecule has 1 heterocycles. The highest BCUT2D eigenvalue weighted by atomic mass is 16.7. The van der Waals surface area contributed by atoms with Crippen molar-refractivity contribution in [1.82, 2.24) is 5.06 Å². The molecule has 1 saturated heterocycles. The average Bonchev–Trinajstić information content (AvgIpc) is 2.34. The zero-order valence-corrected chi connectivity index (χ0v) is 12.6. The Hall–Kier alpha value is -0.650. The molecule has 19 heavy (non-hydrogen) atoms. The van der Waals surface area contributed by atoms with Gasteiger partial charge in [0.25, 0.3) is 0 Å². The Balaban J connectivity index is 2.28. The van der Waals surface area contributed by atoms with Crippen LogP contribution in [0.2, 0.25) is 0 Å². The van der Waals surface area contributed by atoms with Gasteiger partial charge in [0.2, 0.25) is 0 Å². The molecule has 0 aromatic heterocycles. The van der Waals surface area contributed by atoms with Gasteiger partial charge in [-0.1, -0.05) is 0 Å². The standard InChI is InChI=1S/C14H27NO4/c1-14(2,3)13(16)19-15-7-5-6-12(10-15)11-18-9-8-17-4/h12H,5-11H2,1-4H3. The molecule has 1 aliphatic heterocycles. The van der Waals surface area contributed by atoms with E-state index < -0.39 is 5.41 Å². The second-order valence-electron chi connectivity index (χ2n) is 6.09. The zero-order chi connectivity index (χ0) is 14.3. The van der Waals surface area contributed by atoms with Crippen LogP contribution in [0.25, 0.3) is 0 Å². The molecule has 0 amide bonds. The fourth-order valence-corrected chi connectivity index (χ4v) is 1.89. The van der Waals surface area contributed by atoms with Crippen molar-refractivity contribution in [2.75, 3.05) is 40.0 Å². The summed E-state index contributed by atoms with van der Waals surface area (Å²) < 4.78 is 10.5. The number of carbonyl (C=O) groups is 1. The minimum atomic E-state index is -0.456. The van der Waals surface area contributed by atoms with Crippen LogP contribution in [0, 0.1) is 11.3 Å². The van der Waals surface area contributed by atoms with Gasteiger partial charge in [-0.15, -0.1) is 5.06 Å². The minimum absolute atomic E-state index is 0.173. The Morgan fingerprint density at radius 1 is 1.32 bits per heavy atom. The normalized spacial score (nSPS) is 21.4. The van der Waals surface area contributed by atoms with Gasteiger partial charge in [0.1, 0.15) is 0 Å². The Kier molecular flexibility index (Phi) is 6.75. The van der Waals surface area contributed by atoms with Gasteiger partial charge < -0.3 is 14.3 Å². The summed E-state index contributed by atoms with van der Waals surface area (Å²) in [4.78, 5) is 17.3. The first kappa shape index (κ1) is 16.4. The Bertz CT molecular complexity index is 275. The summed E-state index contributed by atoms with van der Waals surface area (Å²) in [5.41, 5.74) is -0.456. The minimum Gasteiger partial charge on any atom is -0.382 e. The monoisotopic (exact) mass is 273 g/mol. The van der Waals surface area contributed by atoms with Crippen molar-refractivity contribution in [1.29, 1.82) is 0 Å². The van der Waals surface area contributed by atoms with Crippen LogP contribution in [0.3, 0.4) is 0 Å². The molecule has 1 aliphatic rings. The predicted molar refractivity (Wildman–Crippen MR) is 72.5 cm³/mol. The van der Waals surface area contributed by atoms with Crippen molar-refractivity contribution in [3.8, 4) is 0 Å². The second-order valence-corrected chi connectivity index (χ2v) is 6.09. The maximum Gasteiger partial charge on any atom is 0.330 e. The van der Waals surface area contributed by atoms with Gasteiger partial charge >= 0.3 is 5.97 Å². The largest absolute Gasteiger partial charge is 0.382 e. The number of rotatable bonds is 6. The van der Waals surface area contributed by atoms with E-state index in [4.69, 9.17) is 14.3 Å². The summed E-state index contributed by atoms with van der Waals surface area (Å²) in [6.45, 7) is 9.11. The fourth-order valence-electron chi connectivity index (χ4n) is 1.89. The first-order valence-electron chi connectivity index (χ1n) is 6.97. The number of methoxy groups -OCH3 is 1. The molecule has 0 radical (unpaired) electrons. The van der Waals surface area contributed by atoms with Gasteiger partial charge in [0.05, 0.1) is 25.2 Å². The summed E-state index contributed by atoms with van der Waals surface area (Å²) in [6, 6.07) is 0. The van der Waals surface area contributed by atoms with Crippen LogP contribution in [0.15, 0.2) is 0 Å². The molecule has 112 valence electrons. The fraction of sp³-hybridized carbons (Fsp3) is 0.929. The molecule has 0 N–H and O–H groups in total. The molecule has 1 unspecified atom stereocenters. The Morgan fingerprint density at radius 2 is 2.05 bits per heavy atom. The topological polar surface area (TPSA) is 48.0 Å². The molecule has 0 aromatic rings. The van der Waals surface area contributed by atoms with Crippen LogP contribution in [0.4, 0.5) is 0 Å². The summed E-state index contributed by atoms with van der Waals surface area (Å²) in [7, 11) is 1.66. The van der Waals surface area contributed by atoms with Crippen LogP contribution in [0.1, 0.15) is 33.6 Å². The maximum atomic E-state index is 11.8. The first-order valence-corrected chi connectivity index (χ1v) is 6.97. The van der Waals surface area contributed by atoms with E-state index in [1.54, 1.807) is 12.2 Å². The van der Waals surface area contributed by atoms with Crippen molar-refractivity contribution in [2.45, 2.75) is 33.6 Å². The lowest BCUT2D eigenvalue weighted by molar-refractivity contribution is -0.209. The van der Waals surface area contributed by atoms with E-state index in [0.29, 0.717) is 25.7 Å². The molecule has 0 bridgehead atoms. The molecule has 1 atom stereocenters. The van der Waals surface area contributed by atoms with E-state index in [0.717, 1.165) is 25.9 Å². The van der Waals surface area contributed by atoms with Gasteiger partial charge in [-0.25, -0.2) is 4.79 Å². The number of piperidine rings is 1. The lowest BCUT2D eigenvalue weighted by Gasteiger charge is -2.32. The van der Waals surface area contributed by atoms with E-state index >= 15 is 0 Å². The third-order valence-corrected chi connectivity index (χ3v) is 3.09. The summed E-state index contributed by atoms with van der Waals surface area (Å²) in [5.74, 6) is 0.256. The maximum absolute atomic E-state index is 11.8. The SMILES string of the molecule is COCCOCC1CCCN(OC(=O)C(C)(C)C)C1. The zero-order valence-electron chi connectivity index (χ0n) is 12.6. The highest BCUT2D eigenvalue weighted by molar-refractivity contribution is 5.75. The average molecular weight is 273 g/mol. The van der Waals surface area contributed by atoms with Crippen molar-refractivity contribution >= 4 is 5.97 Å². The van der Waals surface area contributed by atoms with Crippen LogP contribution in [-0.2, 0) is 19.1 Å². The van der Waals surface area contributed by atoms with E-state index in [-0.39, 0.29) is 5.97 Å². The Labute approximate surface area is 116 Å². The van der Waals surface area contributed by atoms with Gasteiger partial charge in [-0.3, -0.25) is 0 Å². The van der Waals surface area contributed by atoms with Crippen molar-refractivity contribution < 1.29 is 19.1 Å². The number of ether oxygens (including phenoxy) is 2. The number of hydroxylamine groups is 2. The molecule has 5 nitrogen and oxygen atoms in total. The second kappa shape index (κ2) is 7.82. The van der Waals surface area contributed by atoms with Crippen LogP contribution in [-0.4, -0.2) is 51.1 Å². The third kappa shape index (κ3) is 6.36. The Morgan fingerprint density at radius 3 is 2.68 bits per heavy atom. The van der Waals surface area contributed by atoms with Crippen molar-refractivity contribution in [3.05, 3.63) is 0 Å². The number of hydrogen-bond acceptors (Lipinski definition) is 5. The summed E-state index contributed by atoms with van der Waals surface area (Å²) in [6.07, 6.45) is 2.16. The molecule has 0 saturated carbocycles. The number of nitrogens with zero attached hydrogens (tertiary/aromatic N) is 1. The van der Waals surface area contributed by atoms with E-state index in [1.165, 1.54) is 0 Å². The molecule has 5 heteroatoms. The van der Waals surface area contributed by atoms with E-state index in [1.807, 2.05) is 20.8 Å². The van der Waals surface area contributed by atoms with Gasteiger partial charge in [0, 0.05) is 20.2 Å². The lowest BCUT2D eigenvalue weighted by atomic mass is 9.97. The molecule has 0 aliphatic carbocycles. The number of carbonyl (C=O) groups excluding carboxylic acids is 1. The molecular weight excluding hydrogens is 246 g/mol. The van der Waals surface area contributed by atoms with Gasteiger partial charge in [0.15, 0.2) is 0 Å². The number of hydrogen-bond donors (Lipinski definition) is 0. The van der Waals surface area contributed by atoms with E-state index in [9.17, 15) is 4.79 Å². The van der Waals surface area contributed by atoms with Crippen LogP contribution < -0.4 is 0 Å². The highest BCUT2D eigenvalue weighted by Gasteiger charge is 2.28. The van der Waals surface area contributed by atoms with Crippen LogP contribution >= 0.6 is 0 Å².